The number of alkyl halides is 3. The van der Waals surface area contributed by atoms with E-state index in [4.69, 9.17) is 9.47 Å². The number of halogens is 3. The Labute approximate surface area is 170 Å². The van der Waals surface area contributed by atoms with Crippen LogP contribution >= 0.6 is 0 Å². The smallest absolute Gasteiger partial charge is 0.417 e. The van der Waals surface area contributed by atoms with Gasteiger partial charge in [0.1, 0.15) is 0 Å². The van der Waals surface area contributed by atoms with Crippen LogP contribution in [0.3, 0.4) is 0 Å². The second-order valence-electron chi connectivity index (χ2n) is 6.32. The summed E-state index contributed by atoms with van der Waals surface area (Å²) in [5, 5.41) is 0. The van der Waals surface area contributed by atoms with Gasteiger partial charge in [-0.25, -0.2) is 9.59 Å². The summed E-state index contributed by atoms with van der Waals surface area (Å²) in [5.74, 6) is -2.14. The highest BCUT2D eigenvalue weighted by Gasteiger charge is 2.35. The zero-order chi connectivity index (χ0) is 21.7. The highest BCUT2D eigenvalue weighted by atomic mass is 19.4. The van der Waals surface area contributed by atoms with E-state index < -0.39 is 29.2 Å². The molecule has 3 aromatic carbocycles. The van der Waals surface area contributed by atoms with E-state index in [0.717, 1.165) is 24.1 Å². The van der Waals surface area contributed by atoms with Crippen molar-refractivity contribution in [3.05, 3.63) is 95.1 Å². The van der Waals surface area contributed by atoms with Crippen molar-refractivity contribution in [2.24, 2.45) is 0 Å². The first-order valence-electron chi connectivity index (χ1n) is 9.08. The van der Waals surface area contributed by atoms with Crippen molar-refractivity contribution >= 4 is 11.9 Å². The summed E-state index contributed by atoms with van der Waals surface area (Å²) in [6.45, 7) is 1.98. The van der Waals surface area contributed by atoms with Gasteiger partial charge in [0, 0.05) is 0 Å². The minimum absolute atomic E-state index is 0.0834. The predicted octanol–water partition coefficient (Wildman–Crippen LogP) is 5.71. The maximum Gasteiger partial charge on any atom is 0.417 e. The molecule has 0 unspecified atom stereocenters. The zero-order valence-corrected chi connectivity index (χ0v) is 15.9. The molecule has 0 aliphatic carbocycles. The average molecular weight is 414 g/mol. The molecule has 0 saturated carbocycles. The van der Waals surface area contributed by atoms with Crippen LogP contribution in [0, 0.1) is 0 Å². The quantitative estimate of drug-likeness (QED) is 0.397. The van der Waals surface area contributed by atoms with Gasteiger partial charge in [-0.1, -0.05) is 43.3 Å². The van der Waals surface area contributed by atoms with Gasteiger partial charge in [-0.3, -0.25) is 0 Å². The normalized spacial score (nSPS) is 11.1. The third-order valence-corrected chi connectivity index (χ3v) is 4.30. The van der Waals surface area contributed by atoms with Crippen molar-refractivity contribution < 1.29 is 32.2 Å². The number of carbonyl (C=O) groups is 2. The van der Waals surface area contributed by atoms with E-state index in [1.807, 2.05) is 6.92 Å². The molecule has 4 nitrogen and oxygen atoms in total. The maximum atomic E-state index is 13.2. The predicted molar refractivity (Wildman–Crippen MR) is 104 cm³/mol. The monoisotopic (exact) mass is 414 g/mol. The van der Waals surface area contributed by atoms with E-state index >= 15 is 0 Å². The second kappa shape index (κ2) is 8.82. The second-order valence-corrected chi connectivity index (χ2v) is 6.32. The highest BCUT2D eigenvalue weighted by molar-refractivity contribution is 5.94. The summed E-state index contributed by atoms with van der Waals surface area (Å²) in [4.78, 5) is 24.8. The van der Waals surface area contributed by atoms with Gasteiger partial charge in [-0.2, -0.15) is 13.2 Å². The Bertz CT molecular complexity index is 1060. The lowest BCUT2D eigenvalue weighted by molar-refractivity contribution is -0.138. The van der Waals surface area contributed by atoms with Gasteiger partial charge < -0.3 is 9.47 Å². The molecular weight excluding hydrogens is 397 g/mol. The Hall–Kier alpha value is -3.61. The number of rotatable bonds is 5. The van der Waals surface area contributed by atoms with Crippen LogP contribution in [0.4, 0.5) is 13.2 Å². The molecule has 0 aliphatic heterocycles. The third kappa shape index (κ3) is 4.86. The number of carbonyl (C=O) groups excluding carboxylic acids is 2. The molecule has 0 aromatic heterocycles. The lowest BCUT2D eigenvalue weighted by Gasteiger charge is -2.13. The van der Waals surface area contributed by atoms with Gasteiger partial charge in [0.15, 0.2) is 11.5 Å². The number of para-hydroxylation sites is 2. The number of hydrogen-bond donors (Lipinski definition) is 0. The summed E-state index contributed by atoms with van der Waals surface area (Å²) in [7, 11) is 0. The standard InChI is InChI=1S/C23H17F3O4/c1-2-15-11-13-16(14-12-15)21(27)29-19-9-5-6-10-20(19)30-22(28)17-7-3-4-8-18(17)23(24,25)26/h3-14H,2H2,1H3. The SMILES string of the molecule is CCc1ccc(C(=O)Oc2ccccc2OC(=O)c2ccccc2C(F)(F)F)cc1. The molecule has 0 fully saturated rings. The molecule has 0 bridgehead atoms. The van der Waals surface area contributed by atoms with Crippen molar-refractivity contribution in [3.63, 3.8) is 0 Å². The summed E-state index contributed by atoms with van der Waals surface area (Å²) >= 11 is 0. The van der Waals surface area contributed by atoms with Crippen LogP contribution in [-0.4, -0.2) is 11.9 Å². The Morgan fingerprint density at radius 1 is 0.767 bits per heavy atom. The lowest BCUT2D eigenvalue weighted by atomic mass is 10.1. The van der Waals surface area contributed by atoms with Gasteiger partial charge in [0.05, 0.1) is 16.7 Å². The minimum atomic E-state index is -4.72. The fraction of sp³-hybridized carbons (Fsp3) is 0.130. The minimum Gasteiger partial charge on any atom is -0.419 e. The maximum absolute atomic E-state index is 13.2. The molecule has 0 heterocycles. The van der Waals surface area contributed by atoms with Crippen LogP contribution in [0.25, 0.3) is 0 Å². The average Bonchev–Trinajstić information content (AvgIpc) is 2.74. The zero-order valence-electron chi connectivity index (χ0n) is 15.9. The Morgan fingerprint density at radius 3 is 1.87 bits per heavy atom. The molecule has 0 amide bonds. The van der Waals surface area contributed by atoms with Gasteiger partial charge in [-0.15, -0.1) is 0 Å². The van der Waals surface area contributed by atoms with Crippen molar-refractivity contribution in [3.8, 4) is 11.5 Å². The molecule has 0 spiro atoms. The molecule has 154 valence electrons. The van der Waals surface area contributed by atoms with Crippen LogP contribution in [-0.2, 0) is 12.6 Å². The fourth-order valence-electron chi connectivity index (χ4n) is 2.72. The Balaban J connectivity index is 1.82. The summed E-state index contributed by atoms with van der Waals surface area (Å²) in [5.41, 5.74) is -0.415. The molecule has 30 heavy (non-hydrogen) atoms. The summed E-state index contributed by atoms with van der Waals surface area (Å²) in [6, 6.07) is 16.9. The topological polar surface area (TPSA) is 52.6 Å². The highest BCUT2D eigenvalue weighted by Crippen LogP contribution is 2.33. The van der Waals surface area contributed by atoms with E-state index in [0.29, 0.717) is 0 Å². The lowest BCUT2D eigenvalue weighted by Crippen LogP contribution is -2.17. The molecule has 0 aliphatic rings. The number of benzene rings is 3. The van der Waals surface area contributed by atoms with Crippen LogP contribution in [0.2, 0.25) is 0 Å². The van der Waals surface area contributed by atoms with Crippen LogP contribution < -0.4 is 9.47 Å². The molecule has 3 rings (SSSR count). The van der Waals surface area contributed by atoms with Gasteiger partial charge in [-0.05, 0) is 48.4 Å². The summed E-state index contributed by atoms with van der Waals surface area (Å²) in [6.07, 6.45) is -3.90. The number of aryl methyl sites for hydroxylation is 1. The molecule has 7 heteroatoms. The molecule has 0 N–H and O–H groups in total. The fourth-order valence-corrected chi connectivity index (χ4v) is 2.72. The molecule has 0 radical (unpaired) electrons. The van der Waals surface area contributed by atoms with Gasteiger partial charge in [0.25, 0.3) is 0 Å². The molecule has 0 saturated heterocycles. The first-order valence-corrected chi connectivity index (χ1v) is 9.08. The first kappa shape index (κ1) is 21.1. The molecular formula is C23H17F3O4. The van der Waals surface area contributed by atoms with Crippen molar-refractivity contribution in [1.29, 1.82) is 0 Å². The van der Waals surface area contributed by atoms with Gasteiger partial charge in [0.2, 0.25) is 0 Å². The number of ether oxygens (including phenoxy) is 2. The first-order chi connectivity index (χ1) is 14.3. The van der Waals surface area contributed by atoms with Crippen molar-refractivity contribution in [2.45, 2.75) is 19.5 Å². The largest absolute Gasteiger partial charge is 0.419 e. The number of hydrogen-bond acceptors (Lipinski definition) is 4. The van der Waals surface area contributed by atoms with Crippen LogP contribution in [0.15, 0.2) is 72.8 Å². The van der Waals surface area contributed by atoms with Crippen LogP contribution in [0.5, 0.6) is 11.5 Å². The van der Waals surface area contributed by atoms with E-state index in [1.165, 1.54) is 30.3 Å². The molecule has 3 aromatic rings. The summed E-state index contributed by atoms with van der Waals surface area (Å²) < 4.78 is 49.9. The van der Waals surface area contributed by atoms with Crippen LogP contribution in [0.1, 0.15) is 38.8 Å². The van der Waals surface area contributed by atoms with E-state index in [1.54, 1.807) is 30.3 Å². The molecule has 0 atom stereocenters. The van der Waals surface area contributed by atoms with Crippen molar-refractivity contribution in [2.75, 3.05) is 0 Å². The Morgan fingerprint density at radius 2 is 1.30 bits per heavy atom. The Kier molecular flexibility index (Phi) is 6.20. The van der Waals surface area contributed by atoms with E-state index in [-0.39, 0.29) is 17.1 Å². The number of esters is 2. The van der Waals surface area contributed by atoms with Gasteiger partial charge >= 0.3 is 18.1 Å². The third-order valence-electron chi connectivity index (χ3n) is 4.30. The van der Waals surface area contributed by atoms with E-state index in [9.17, 15) is 22.8 Å². The van der Waals surface area contributed by atoms with Crippen molar-refractivity contribution in [1.82, 2.24) is 0 Å². The van der Waals surface area contributed by atoms with E-state index in [2.05, 4.69) is 0 Å².